The van der Waals surface area contributed by atoms with Crippen molar-refractivity contribution in [2.45, 2.75) is 64.7 Å². The van der Waals surface area contributed by atoms with Gasteiger partial charge in [0, 0.05) is 0 Å². The van der Waals surface area contributed by atoms with Gasteiger partial charge < -0.3 is 19.9 Å². The first-order valence-electron chi connectivity index (χ1n) is 10.5. The van der Waals surface area contributed by atoms with Gasteiger partial charge >= 0.3 is 6.09 Å². The number of carbonyl (C=O) groups excluding carboxylic acids is 1. The Labute approximate surface area is 180 Å². The molecule has 5 heteroatoms. The van der Waals surface area contributed by atoms with Crippen LogP contribution >= 0.6 is 0 Å². The Morgan fingerprint density at radius 1 is 1.03 bits per heavy atom. The number of amides is 1. The maximum atomic E-state index is 12.4. The predicted molar refractivity (Wildman–Crippen MR) is 120 cm³/mol. The van der Waals surface area contributed by atoms with Crippen molar-refractivity contribution < 1.29 is 19.4 Å². The lowest BCUT2D eigenvalue weighted by Gasteiger charge is -2.28. The highest BCUT2D eigenvalue weighted by Gasteiger charge is 2.26. The van der Waals surface area contributed by atoms with Crippen molar-refractivity contribution in [3.63, 3.8) is 0 Å². The maximum absolute atomic E-state index is 12.4. The Hall–Kier alpha value is -2.53. The summed E-state index contributed by atoms with van der Waals surface area (Å²) in [7, 11) is 1.66. The minimum absolute atomic E-state index is 0.228. The molecular weight excluding hydrogens is 378 g/mol. The fraction of sp³-hybridized carbons (Fsp3) is 0.480. The van der Waals surface area contributed by atoms with Crippen LogP contribution in [0.1, 0.15) is 45.2 Å². The molecule has 164 valence electrons. The van der Waals surface area contributed by atoms with Crippen molar-refractivity contribution >= 4 is 6.09 Å². The molecule has 2 aromatic rings. The molecule has 0 saturated heterocycles. The first-order valence-corrected chi connectivity index (χ1v) is 10.5. The predicted octanol–water partition coefficient (Wildman–Crippen LogP) is 4.76. The van der Waals surface area contributed by atoms with Gasteiger partial charge in [-0.3, -0.25) is 0 Å². The van der Waals surface area contributed by atoms with Gasteiger partial charge in [0.05, 0.1) is 19.3 Å². The fourth-order valence-electron chi connectivity index (χ4n) is 3.47. The van der Waals surface area contributed by atoms with Gasteiger partial charge in [0.15, 0.2) is 0 Å². The summed E-state index contributed by atoms with van der Waals surface area (Å²) in [4.78, 5) is 12.4. The number of nitrogens with one attached hydrogen (secondary N) is 1. The summed E-state index contributed by atoms with van der Waals surface area (Å²) in [6, 6.07) is 17.4. The average Bonchev–Trinajstić information content (AvgIpc) is 2.66. The van der Waals surface area contributed by atoms with E-state index in [0.717, 1.165) is 23.3 Å². The first kappa shape index (κ1) is 23.7. The molecule has 3 atom stereocenters. The molecule has 0 heterocycles. The molecule has 2 aromatic carbocycles. The number of methoxy groups -OCH3 is 1. The van der Waals surface area contributed by atoms with Crippen LogP contribution in [0.15, 0.2) is 54.6 Å². The van der Waals surface area contributed by atoms with Crippen molar-refractivity contribution in [3.8, 4) is 5.75 Å². The van der Waals surface area contributed by atoms with E-state index < -0.39 is 23.8 Å². The van der Waals surface area contributed by atoms with Crippen LogP contribution in [-0.4, -0.2) is 36.1 Å². The summed E-state index contributed by atoms with van der Waals surface area (Å²) < 4.78 is 10.7. The molecule has 2 N–H and O–H groups in total. The summed E-state index contributed by atoms with van der Waals surface area (Å²) in [6.07, 6.45) is 0.706. The molecule has 0 fully saturated rings. The van der Waals surface area contributed by atoms with Crippen LogP contribution in [0.4, 0.5) is 4.79 Å². The van der Waals surface area contributed by atoms with E-state index in [1.165, 1.54) is 0 Å². The molecule has 5 nitrogen and oxygen atoms in total. The first-order chi connectivity index (χ1) is 14.2. The third-order valence-corrected chi connectivity index (χ3v) is 4.83. The lowest BCUT2D eigenvalue weighted by atomic mass is 9.90. The molecule has 0 saturated carbocycles. The Balaban J connectivity index is 2.04. The van der Waals surface area contributed by atoms with Gasteiger partial charge in [-0.2, -0.15) is 0 Å². The molecule has 1 amide bonds. The van der Waals surface area contributed by atoms with Crippen LogP contribution in [0.2, 0.25) is 0 Å². The lowest BCUT2D eigenvalue weighted by molar-refractivity contribution is 0.0395. The quantitative estimate of drug-likeness (QED) is 0.622. The number of ether oxygens (including phenoxy) is 2. The number of benzene rings is 2. The maximum Gasteiger partial charge on any atom is 0.407 e. The van der Waals surface area contributed by atoms with Crippen LogP contribution in [-0.2, 0) is 17.6 Å². The van der Waals surface area contributed by atoms with Crippen molar-refractivity contribution in [1.29, 1.82) is 0 Å². The minimum Gasteiger partial charge on any atom is -0.497 e. The normalized spacial score (nSPS) is 14.5. The highest BCUT2D eigenvalue weighted by molar-refractivity contribution is 5.68. The zero-order valence-electron chi connectivity index (χ0n) is 18.7. The molecule has 30 heavy (non-hydrogen) atoms. The van der Waals surface area contributed by atoms with E-state index in [9.17, 15) is 9.90 Å². The van der Waals surface area contributed by atoms with Crippen LogP contribution in [0.25, 0.3) is 0 Å². The van der Waals surface area contributed by atoms with E-state index in [-0.39, 0.29) is 5.92 Å². The van der Waals surface area contributed by atoms with Crippen LogP contribution in [0.3, 0.4) is 0 Å². The third kappa shape index (κ3) is 8.46. The number of hydrogen-bond acceptors (Lipinski definition) is 4. The third-order valence-electron chi connectivity index (χ3n) is 4.83. The number of aliphatic hydroxyl groups is 1. The molecule has 0 bridgehead atoms. The number of rotatable bonds is 9. The fourth-order valence-corrected chi connectivity index (χ4v) is 3.47. The SMILES string of the molecule is COc1cccc(C[C@@H](C)C[C@H](O)[C@H](Cc2ccccc2)NC(=O)OC(C)(C)C)c1. The average molecular weight is 414 g/mol. The van der Waals surface area contributed by atoms with Crippen molar-refractivity contribution in [1.82, 2.24) is 5.32 Å². The Morgan fingerprint density at radius 2 is 1.70 bits per heavy atom. The Bertz CT molecular complexity index is 785. The van der Waals surface area contributed by atoms with Crippen LogP contribution < -0.4 is 10.1 Å². The largest absolute Gasteiger partial charge is 0.497 e. The number of aliphatic hydroxyl groups excluding tert-OH is 1. The topological polar surface area (TPSA) is 67.8 Å². The summed E-state index contributed by atoms with van der Waals surface area (Å²) in [5.41, 5.74) is 1.62. The monoisotopic (exact) mass is 413 g/mol. The lowest BCUT2D eigenvalue weighted by Crippen LogP contribution is -2.47. The smallest absolute Gasteiger partial charge is 0.407 e. The van der Waals surface area contributed by atoms with Crippen molar-refractivity contribution in [3.05, 3.63) is 65.7 Å². The number of alkyl carbamates (subject to hydrolysis) is 1. The van der Waals surface area contributed by atoms with E-state index in [0.29, 0.717) is 12.8 Å². The summed E-state index contributed by atoms with van der Waals surface area (Å²) >= 11 is 0. The number of carbonyl (C=O) groups is 1. The van der Waals surface area contributed by atoms with Gasteiger partial charge in [-0.1, -0.05) is 49.4 Å². The molecule has 0 radical (unpaired) electrons. The second-order valence-corrected chi connectivity index (χ2v) is 8.91. The molecular formula is C25H35NO4. The number of hydrogen-bond donors (Lipinski definition) is 2. The van der Waals surface area contributed by atoms with E-state index in [2.05, 4.69) is 18.3 Å². The van der Waals surface area contributed by atoms with Crippen molar-refractivity contribution in [2.24, 2.45) is 5.92 Å². The Morgan fingerprint density at radius 3 is 2.33 bits per heavy atom. The molecule has 0 unspecified atom stereocenters. The zero-order valence-corrected chi connectivity index (χ0v) is 18.7. The second-order valence-electron chi connectivity index (χ2n) is 8.91. The summed E-state index contributed by atoms with van der Waals surface area (Å²) in [5.74, 6) is 1.06. The van der Waals surface area contributed by atoms with Crippen molar-refractivity contribution in [2.75, 3.05) is 7.11 Å². The van der Waals surface area contributed by atoms with Crippen LogP contribution in [0, 0.1) is 5.92 Å². The van der Waals surface area contributed by atoms with Gasteiger partial charge in [0.1, 0.15) is 11.4 Å². The minimum atomic E-state index is -0.696. The summed E-state index contributed by atoms with van der Waals surface area (Å²) in [6.45, 7) is 7.58. The van der Waals surface area contributed by atoms with Gasteiger partial charge in [-0.15, -0.1) is 0 Å². The molecule has 0 aliphatic carbocycles. The van der Waals surface area contributed by atoms with E-state index >= 15 is 0 Å². The van der Waals surface area contributed by atoms with E-state index in [1.54, 1.807) is 7.11 Å². The molecule has 0 aliphatic heterocycles. The van der Waals surface area contributed by atoms with Gasteiger partial charge in [0.2, 0.25) is 0 Å². The summed E-state index contributed by atoms with van der Waals surface area (Å²) in [5, 5.41) is 13.8. The second kappa shape index (κ2) is 11.0. The van der Waals surface area contributed by atoms with Crippen LogP contribution in [0.5, 0.6) is 5.75 Å². The molecule has 0 spiro atoms. The molecule has 2 rings (SSSR count). The van der Waals surface area contributed by atoms with E-state index in [1.807, 2.05) is 69.3 Å². The molecule has 0 aliphatic rings. The van der Waals surface area contributed by atoms with Gasteiger partial charge in [0.25, 0.3) is 0 Å². The highest BCUT2D eigenvalue weighted by atomic mass is 16.6. The van der Waals surface area contributed by atoms with Gasteiger partial charge in [-0.25, -0.2) is 4.79 Å². The highest BCUT2D eigenvalue weighted by Crippen LogP contribution is 2.20. The van der Waals surface area contributed by atoms with Gasteiger partial charge in [-0.05, 0) is 69.2 Å². The van der Waals surface area contributed by atoms with E-state index in [4.69, 9.17) is 9.47 Å². The Kier molecular flexibility index (Phi) is 8.72. The zero-order chi connectivity index (χ0) is 22.1. The standard InChI is InChI=1S/C25H35NO4/c1-18(14-20-12-9-13-21(16-20)29-5)15-23(27)22(17-19-10-7-6-8-11-19)26-24(28)30-25(2,3)4/h6-13,16,18,22-23,27H,14-15,17H2,1-5H3,(H,26,28)/t18-,22+,23+/m1/s1. The molecule has 0 aromatic heterocycles.